The lowest BCUT2D eigenvalue weighted by Gasteiger charge is -2.01. The van der Waals surface area contributed by atoms with Crippen molar-refractivity contribution in [1.29, 1.82) is 0 Å². The Bertz CT molecular complexity index is 426. The Morgan fingerprint density at radius 3 is 2.09 bits per heavy atom. The first-order valence-electron chi connectivity index (χ1n) is 8.90. The molecule has 0 unspecified atom stereocenters. The average Bonchev–Trinajstić information content (AvgIpc) is 2.52. The fourth-order valence-electron chi connectivity index (χ4n) is 2.59. The fraction of sp³-hybridized carbons (Fsp3) is 0.600. The molecule has 2 heteroatoms. The second kappa shape index (κ2) is 12.3. The van der Waals surface area contributed by atoms with E-state index in [0.29, 0.717) is 5.75 Å². The molecule has 0 saturated heterocycles. The summed E-state index contributed by atoms with van der Waals surface area (Å²) < 4.78 is 0. The fourth-order valence-corrected chi connectivity index (χ4v) is 2.59. The molecular formula is C20H33NO. The third-order valence-electron chi connectivity index (χ3n) is 4.12. The average molecular weight is 303 g/mol. The number of aromatic hydroxyl groups is 1. The summed E-state index contributed by atoms with van der Waals surface area (Å²) in [4.78, 5) is 0. The van der Waals surface area contributed by atoms with Gasteiger partial charge in [0.2, 0.25) is 0 Å². The number of hydrogen-bond acceptors (Lipinski definition) is 2. The van der Waals surface area contributed by atoms with E-state index in [1.807, 2.05) is 19.1 Å². The van der Waals surface area contributed by atoms with Gasteiger partial charge in [-0.2, -0.15) is 0 Å². The Balaban J connectivity index is 1.96. The van der Waals surface area contributed by atoms with Gasteiger partial charge in [0, 0.05) is 0 Å². The van der Waals surface area contributed by atoms with Crippen molar-refractivity contribution in [1.82, 2.24) is 0 Å². The van der Waals surface area contributed by atoms with Gasteiger partial charge in [0.25, 0.3) is 0 Å². The molecule has 0 saturated carbocycles. The molecule has 0 bridgehead atoms. The summed E-state index contributed by atoms with van der Waals surface area (Å²) in [6.07, 6.45) is 17.4. The van der Waals surface area contributed by atoms with Crippen molar-refractivity contribution >= 4 is 6.08 Å². The molecule has 0 atom stereocenters. The summed E-state index contributed by atoms with van der Waals surface area (Å²) in [5.74, 6) is 0.383. The van der Waals surface area contributed by atoms with E-state index in [9.17, 15) is 5.11 Å². The van der Waals surface area contributed by atoms with Crippen LogP contribution in [0, 0.1) is 6.92 Å². The van der Waals surface area contributed by atoms with Crippen LogP contribution < -0.4 is 5.73 Å². The van der Waals surface area contributed by atoms with Gasteiger partial charge in [-0.1, -0.05) is 69.2 Å². The number of allylic oxidation sites excluding steroid dienone is 1. The molecule has 22 heavy (non-hydrogen) atoms. The normalized spacial score (nSPS) is 11.4. The number of hydrogen-bond donors (Lipinski definition) is 2. The maximum atomic E-state index is 9.65. The quantitative estimate of drug-likeness (QED) is 0.496. The number of rotatable bonds is 12. The standard InChI is InChI=1S/C20H33NO/c1-18-14-15-19(17-20(18)22)13-11-9-7-5-3-2-4-6-8-10-12-16-21/h11,13-15,17,22H,2-10,12,16,21H2,1H3. The summed E-state index contributed by atoms with van der Waals surface area (Å²) in [7, 11) is 0. The third-order valence-corrected chi connectivity index (χ3v) is 4.12. The molecule has 1 aromatic carbocycles. The third kappa shape index (κ3) is 8.89. The van der Waals surface area contributed by atoms with Crippen LogP contribution in [-0.4, -0.2) is 11.7 Å². The number of unbranched alkanes of at least 4 members (excludes halogenated alkanes) is 9. The predicted octanol–water partition coefficient (Wildman–Crippen LogP) is 5.57. The topological polar surface area (TPSA) is 46.2 Å². The van der Waals surface area contributed by atoms with Crippen molar-refractivity contribution < 1.29 is 5.11 Å². The van der Waals surface area contributed by atoms with Crippen molar-refractivity contribution in [3.8, 4) is 5.75 Å². The summed E-state index contributed by atoms with van der Waals surface area (Å²) in [6.45, 7) is 2.76. The molecule has 0 heterocycles. The van der Waals surface area contributed by atoms with Crippen LogP contribution >= 0.6 is 0 Å². The molecular weight excluding hydrogens is 270 g/mol. The van der Waals surface area contributed by atoms with Crippen molar-refractivity contribution in [3.63, 3.8) is 0 Å². The maximum absolute atomic E-state index is 9.65. The first-order chi connectivity index (χ1) is 10.7. The summed E-state index contributed by atoms with van der Waals surface area (Å²) >= 11 is 0. The van der Waals surface area contributed by atoms with E-state index in [0.717, 1.165) is 24.1 Å². The summed E-state index contributed by atoms with van der Waals surface area (Å²) in [5.41, 5.74) is 7.50. The lowest BCUT2D eigenvalue weighted by Crippen LogP contribution is -1.97. The van der Waals surface area contributed by atoms with Crippen LogP contribution in [0.5, 0.6) is 5.75 Å². The number of aryl methyl sites for hydroxylation is 1. The van der Waals surface area contributed by atoms with Gasteiger partial charge in [0.15, 0.2) is 0 Å². The highest BCUT2D eigenvalue weighted by atomic mass is 16.3. The van der Waals surface area contributed by atoms with Crippen LogP contribution in [0.3, 0.4) is 0 Å². The molecule has 0 aliphatic heterocycles. The van der Waals surface area contributed by atoms with E-state index >= 15 is 0 Å². The van der Waals surface area contributed by atoms with Gasteiger partial charge in [0.1, 0.15) is 5.75 Å². The Labute approximate surface area is 136 Å². The number of phenols is 1. The smallest absolute Gasteiger partial charge is 0.119 e. The van der Waals surface area contributed by atoms with Gasteiger partial charge in [0.05, 0.1) is 0 Å². The molecule has 0 spiro atoms. The van der Waals surface area contributed by atoms with E-state index in [1.165, 1.54) is 57.8 Å². The monoisotopic (exact) mass is 303 g/mol. The molecule has 3 N–H and O–H groups in total. The van der Waals surface area contributed by atoms with Gasteiger partial charge in [-0.15, -0.1) is 0 Å². The molecule has 0 amide bonds. The second-order valence-electron chi connectivity index (χ2n) is 6.21. The minimum absolute atomic E-state index is 0.383. The molecule has 124 valence electrons. The van der Waals surface area contributed by atoms with E-state index in [1.54, 1.807) is 0 Å². The van der Waals surface area contributed by atoms with Crippen LogP contribution in [0.15, 0.2) is 24.3 Å². The van der Waals surface area contributed by atoms with Crippen molar-refractivity contribution in [2.24, 2.45) is 5.73 Å². The highest BCUT2D eigenvalue weighted by Crippen LogP contribution is 2.18. The lowest BCUT2D eigenvalue weighted by molar-refractivity contribution is 0.471. The first kappa shape index (κ1) is 18.8. The zero-order chi connectivity index (χ0) is 16.0. The molecule has 1 rings (SSSR count). The molecule has 2 nitrogen and oxygen atoms in total. The van der Waals surface area contributed by atoms with E-state index in [-0.39, 0.29) is 0 Å². The number of nitrogens with two attached hydrogens (primary N) is 1. The SMILES string of the molecule is Cc1ccc(C=CCCCCCCCCCCCN)cc1O. The van der Waals surface area contributed by atoms with Crippen LogP contribution in [0.4, 0.5) is 0 Å². The Morgan fingerprint density at radius 2 is 1.50 bits per heavy atom. The van der Waals surface area contributed by atoms with Gasteiger partial charge < -0.3 is 10.8 Å². The van der Waals surface area contributed by atoms with Gasteiger partial charge >= 0.3 is 0 Å². The number of benzene rings is 1. The summed E-state index contributed by atoms with van der Waals surface area (Å²) in [5, 5.41) is 9.65. The van der Waals surface area contributed by atoms with Gasteiger partial charge in [-0.25, -0.2) is 0 Å². The molecule has 0 aromatic heterocycles. The van der Waals surface area contributed by atoms with Crippen LogP contribution in [0.1, 0.15) is 75.3 Å². The zero-order valence-electron chi connectivity index (χ0n) is 14.2. The minimum atomic E-state index is 0.383. The Hall–Kier alpha value is -1.28. The predicted molar refractivity (Wildman–Crippen MR) is 97.1 cm³/mol. The molecule has 0 aliphatic rings. The molecule has 0 fully saturated rings. The maximum Gasteiger partial charge on any atom is 0.119 e. The lowest BCUT2D eigenvalue weighted by atomic mass is 10.1. The Kier molecular flexibility index (Phi) is 10.5. The van der Waals surface area contributed by atoms with Crippen LogP contribution in [-0.2, 0) is 0 Å². The summed E-state index contributed by atoms with van der Waals surface area (Å²) in [6, 6.07) is 5.84. The van der Waals surface area contributed by atoms with Crippen molar-refractivity contribution in [2.45, 2.75) is 71.1 Å². The Morgan fingerprint density at radius 1 is 0.909 bits per heavy atom. The molecule has 0 radical (unpaired) electrons. The van der Waals surface area contributed by atoms with Crippen LogP contribution in [0.2, 0.25) is 0 Å². The number of phenolic OH excluding ortho intramolecular Hbond substituents is 1. The second-order valence-corrected chi connectivity index (χ2v) is 6.21. The van der Waals surface area contributed by atoms with Crippen molar-refractivity contribution in [3.05, 3.63) is 35.4 Å². The highest BCUT2D eigenvalue weighted by molar-refractivity contribution is 5.53. The molecule has 1 aromatic rings. The largest absolute Gasteiger partial charge is 0.508 e. The van der Waals surface area contributed by atoms with Crippen molar-refractivity contribution in [2.75, 3.05) is 6.54 Å². The minimum Gasteiger partial charge on any atom is -0.508 e. The molecule has 0 aliphatic carbocycles. The van der Waals surface area contributed by atoms with E-state index < -0.39 is 0 Å². The van der Waals surface area contributed by atoms with Gasteiger partial charge in [-0.05, 0) is 49.9 Å². The first-order valence-corrected chi connectivity index (χ1v) is 8.90. The zero-order valence-corrected chi connectivity index (χ0v) is 14.2. The van der Waals surface area contributed by atoms with Gasteiger partial charge in [-0.3, -0.25) is 0 Å². The van der Waals surface area contributed by atoms with Crippen LogP contribution in [0.25, 0.3) is 6.08 Å². The van der Waals surface area contributed by atoms with E-state index in [4.69, 9.17) is 5.73 Å². The van der Waals surface area contributed by atoms with E-state index in [2.05, 4.69) is 18.2 Å². The highest BCUT2D eigenvalue weighted by Gasteiger charge is 1.95.